The second-order valence-electron chi connectivity index (χ2n) is 4.82. The van der Waals surface area contributed by atoms with Crippen molar-refractivity contribution < 1.29 is 13.9 Å². The fourth-order valence-corrected chi connectivity index (χ4v) is 3.35. The van der Waals surface area contributed by atoms with Gasteiger partial charge in [-0.2, -0.15) is 11.8 Å². The number of aryl methyl sites for hydroxylation is 1. The van der Waals surface area contributed by atoms with Gasteiger partial charge in [0, 0.05) is 41.6 Å². The van der Waals surface area contributed by atoms with Crippen molar-refractivity contribution in [3.63, 3.8) is 0 Å². The number of ether oxygens (including phenoxy) is 1. The highest BCUT2D eigenvalue weighted by atomic mass is 32.2. The van der Waals surface area contributed by atoms with E-state index < -0.39 is 0 Å². The van der Waals surface area contributed by atoms with Crippen LogP contribution in [0.25, 0.3) is 11.0 Å². The van der Waals surface area contributed by atoms with Crippen LogP contribution in [0.1, 0.15) is 16.1 Å². The maximum atomic E-state index is 12.5. The molecule has 1 fully saturated rings. The van der Waals surface area contributed by atoms with E-state index in [1.54, 1.807) is 7.11 Å². The molecule has 1 amide bonds. The van der Waals surface area contributed by atoms with Crippen LogP contribution in [0.2, 0.25) is 0 Å². The first kappa shape index (κ1) is 13.4. The fourth-order valence-electron chi connectivity index (χ4n) is 2.45. The third-order valence-corrected chi connectivity index (χ3v) is 4.58. The first-order valence-electron chi connectivity index (χ1n) is 6.65. The molecule has 0 atom stereocenters. The van der Waals surface area contributed by atoms with Gasteiger partial charge in [0.1, 0.15) is 11.3 Å². The molecule has 0 N–H and O–H groups in total. The number of furan rings is 1. The van der Waals surface area contributed by atoms with E-state index in [4.69, 9.17) is 9.15 Å². The van der Waals surface area contributed by atoms with Crippen molar-refractivity contribution in [1.82, 2.24) is 4.90 Å². The normalized spacial score (nSPS) is 15.6. The summed E-state index contributed by atoms with van der Waals surface area (Å²) in [4.78, 5) is 14.4. The maximum absolute atomic E-state index is 12.5. The Morgan fingerprint density at radius 3 is 2.80 bits per heavy atom. The van der Waals surface area contributed by atoms with Crippen molar-refractivity contribution in [2.24, 2.45) is 0 Å². The highest BCUT2D eigenvalue weighted by Crippen LogP contribution is 2.29. The molecule has 2 aromatic rings. The predicted molar refractivity (Wildman–Crippen MR) is 80.7 cm³/mol. The van der Waals surface area contributed by atoms with Crippen LogP contribution < -0.4 is 4.74 Å². The molecule has 0 radical (unpaired) electrons. The standard InChI is InChI=1S/C15H17NO3S/c1-10-12-4-3-11(18-2)9-13(12)19-14(10)15(17)16-5-7-20-8-6-16/h3-4,9H,5-8H2,1-2H3. The molecular weight excluding hydrogens is 274 g/mol. The monoisotopic (exact) mass is 291 g/mol. The van der Waals surface area contributed by atoms with Crippen LogP contribution in [0.5, 0.6) is 5.75 Å². The summed E-state index contributed by atoms with van der Waals surface area (Å²) in [5.74, 6) is 3.19. The van der Waals surface area contributed by atoms with Crippen LogP contribution >= 0.6 is 11.8 Å². The third-order valence-electron chi connectivity index (χ3n) is 3.64. The lowest BCUT2D eigenvalue weighted by molar-refractivity contribution is 0.0742. The number of hydrogen-bond donors (Lipinski definition) is 0. The average molecular weight is 291 g/mol. The van der Waals surface area contributed by atoms with E-state index in [-0.39, 0.29) is 5.91 Å². The smallest absolute Gasteiger partial charge is 0.289 e. The van der Waals surface area contributed by atoms with Gasteiger partial charge in [0.15, 0.2) is 5.76 Å². The molecule has 1 saturated heterocycles. The number of benzene rings is 1. The minimum atomic E-state index is -0.00188. The number of carbonyl (C=O) groups excluding carboxylic acids is 1. The van der Waals surface area contributed by atoms with Gasteiger partial charge in [0.25, 0.3) is 5.91 Å². The Morgan fingerprint density at radius 1 is 1.35 bits per heavy atom. The van der Waals surface area contributed by atoms with Gasteiger partial charge >= 0.3 is 0 Å². The van der Waals surface area contributed by atoms with Crippen molar-refractivity contribution in [2.45, 2.75) is 6.92 Å². The van der Waals surface area contributed by atoms with Gasteiger partial charge in [-0.15, -0.1) is 0 Å². The number of rotatable bonds is 2. The maximum Gasteiger partial charge on any atom is 0.289 e. The van der Waals surface area contributed by atoms with E-state index in [9.17, 15) is 4.79 Å². The third kappa shape index (κ3) is 2.26. The minimum absolute atomic E-state index is 0.00188. The molecule has 1 aromatic heterocycles. The number of fused-ring (bicyclic) bond motifs is 1. The molecule has 2 heterocycles. The SMILES string of the molecule is COc1ccc2c(C)c(C(=O)N3CCSCC3)oc2c1. The number of amides is 1. The topological polar surface area (TPSA) is 42.7 Å². The summed E-state index contributed by atoms with van der Waals surface area (Å²) >= 11 is 1.88. The van der Waals surface area contributed by atoms with E-state index >= 15 is 0 Å². The van der Waals surface area contributed by atoms with Gasteiger partial charge in [0.05, 0.1) is 7.11 Å². The van der Waals surface area contributed by atoms with Crippen LogP contribution in [-0.2, 0) is 0 Å². The van der Waals surface area contributed by atoms with Gasteiger partial charge in [0.2, 0.25) is 0 Å². The van der Waals surface area contributed by atoms with Crippen LogP contribution in [-0.4, -0.2) is 42.5 Å². The summed E-state index contributed by atoms with van der Waals surface area (Å²) in [7, 11) is 1.62. The molecule has 3 rings (SSSR count). The van der Waals surface area contributed by atoms with Gasteiger partial charge < -0.3 is 14.1 Å². The number of methoxy groups -OCH3 is 1. The molecule has 0 spiro atoms. The van der Waals surface area contributed by atoms with Crippen molar-refractivity contribution in [1.29, 1.82) is 0 Å². The minimum Gasteiger partial charge on any atom is -0.497 e. The summed E-state index contributed by atoms with van der Waals surface area (Å²) in [5.41, 5.74) is 1.61. The van der Waals surface area contributed by atoms with Crippen LogP contribution in [0.3, 0.4) is 0 Å². The van der Waals surface area contributed by atoms with E-state index in [2.05, 4.69) is 0 Å². The number of hydrogen-bond acceptors (Lipinski definition) is 4. The van der Waals surface area contributed by atoms with Gasteiger partial charge in [-0.1, -0.05) is 0 Å². The molecule has 1 aliphatic heterocycles. The predicted octanol–water partition coefficient (Wildman–Crippen LogP) is 2.94. The average Bonchev–Trinajstić information content (AvgIpc) is 2.84. The van der Waals surface area contributed by atoms with Crippen LogP contribution in [0.15, 0.2) is 22.6 Å². The Bertz CT molecular complexity index is 644. The first-order chi connectivity index (χ1) is 9.70. The lowest BCUT2D eigenvalue weighted by atomic mass is 10.1. The molecule has 1 aliphatic rings. The zero-order chi connectivity index (χ0) is 14.1. The van der Waals surface area contributed by atoms with Gasteiger partial charge in [-0.05, 0) is 19.1 Å². The number of nitrogens with zero attached hydrogens (tertiary/aromatic N) is 1. The Balaban J connectivity index is 1.98. The quantitative estimate of drug-likeness (QED) is 0.853. The molecule has 20 heavy (non-hydrogen) atoms. The summed E-state index contributed by atoms with van der Waals surface area (Å²) in [6, 6.07) is 5.65. The number of thioether (sulfide) groups is 1. The Hall–Kier alpha value is -1.62. The highest BCUT2D eigenvalue weighted by Gasteiger charge is 2.24. The molecule has 5 heteroatoms. The fraction of sp³-hybridized carbons (Fsp3) is 0.400. The van der Waals surface area contributed by atoms with Gasteiger partial charge in [-0.3, -0.25) is 4.79 Å². The molecule has 106 valence electrons. The van der Waals surface area contributed by atoms with Crippen molar-refractivity contribution in [2.75, 3.05) is 31.7 Å². The van der Waals surface area contributed by atoms with E-state index in [1.165, 1.54) is 0 Å². The zero-order valence-corrected chi connectivity index (χ0v) is 12.5. The Kier molecular flexibility index (Phi) is 3.61. The molecule has 4 nitrogen and oxygen atoms in total. The molecule has 0 aliphatic carbocycles. The van der Waals surface area contributed by atoms with Crippen molar-refractivity contribution >= 4 is 28.6 Å². The van der Waals surface area contributed by atoms with Crippen LogP contribution in [0, 0.1) is 6.92 Å². The molecule has 0 saturated carbocycles. The lowest BCUT2D eigenvalue weighted by Crippen LogP contribution is -2.37. The van der Waals surface area contributed by atoms with Crippen molar-refractivity contribution in [3.8, 4) is 5.75 Å². The van der Waals surface area contributed by atoms with Crippen LogP contribution in [0.4, 0.5) is 0 Å². The second-order valence-corrected chi connectivity index (χ2v) is 6.05. The zero-order valence-electron chi connectivity index (χ0n) is 11.6. The molecular formula is C15H17NO3S. The number of carbonyl (C=O) groups is 1. The van der Waals surface area contributed by atoms with Gasteiger partial charge in [-0.25, -0.2) is 0 Å². The molecule has 0 unspecified atom stereocenters. The van der Waals surface area contributed by atoms with E-state index in [1.807, 2.05) is 41.8 Å². The summed E-state index contributed by atoms with van der Waals surface area (Å²) < 4.78 is 11.0. The summed E-state index contributed by atoms with van der Waals surface area (Å²) in [5, 5.41) is 0.973. The molecule has 0 bridgehead atoms. The largest absolute Gasteiger partial charge is 0.497 e. The summed E-state index contributed by atoms with van der Waals surface area (Å²) in [6.07, 6.45) is 0. The Labute approximate surface area is 122 Å². The summed E-state index contributed by atoms with van der Waals surface area (Å²) in [6.45, 7) is 3.52. The highest BCUT2D eigenvalue weighted by molar-refractivity contribution is 7.99. The lowest BCUT2D eigenvalue weighted by Gasteiger charge is -2.25. The Morgan fingerprint density at radius 2 is 2.10 bits per heavy atom. The van der Waals surface area contributed by atoms with Crippen molar-refractivity contribution in [3.05, 3.63) is 29.5 Å². The van der Waals surface area contributed by atoms with E-state index in [0.29, 0.717) is 11.3 Å². The van der Waals surface area contributed by atoms with E-state index in [0.717, 1.165) is 41.3 Å². The second kappa shape index (κ2) is 5.40. The molecule has 1 aromatic carbocycles. The first-order valence-corrected chi connectivity index (χ1v) is 7.80.